The molecule has 0 N–H and O–H groups in total. The van der Waals surface area contributed by atoms with E-state index < -0.39 is 0 Å². The minimum atomic E-state index is 0.168. The van der Waals surface area contributed by atoms with Gasteiger partial charge in [-0.05, 0) is 0 Å². The van der Waals surface area contributed by atoms with Gasteiger partial charge in [0.15, 0.2) is 0 Å². The predicted octanol–water partition coefficient (Wildman–Crippen LogP) is 4.19. The van der Waals surface area contributed by atoms with Crippen LogP contribution in [-0.2, 0) is 0 Å². The molecule has 7 rings (SSSR count). The zero-order chi connectivity index (χ0) is 20.4. The van der Waals surface area contributed by atoms with Crippen molar-refractivity contribution in [3.63, 3.8) is 0 Å². The zero-order valence-electron chi connectivity index (χ0n) is 16.7. The quantitative estimate of drug-likeness (QED) is 0.357. The number of para-hydroxylation sites is 2. The van der Waals surface area contributed by atoms with Crippen molar-refractivity contribution in [1.29, 1.82) is 0 Å². The third kappa shape index (κ3) is 2.34. The van der Waals surface area contributed by atoms with Gasteiger partial charge in [-0.1, -0.05) is 0 Å². The van der Waals surface area contributed by atoms with Crippen molar-refractivity contribution in [3.05, 3.63) is 108 Å². The summed E-state index contributed by atoms with van der Waals surface area (Å²) in [6.45, 7) is 0.168. The van der Waals surface area contributed by atoms with E-state index in [0.717, 1.165) is 0 Å². The molecular weight excluding hydrogens is 446 g/mol. The van der Waals surface area contributed by atoms with E-state index in [1.54, 1.807) is 0 Å². The Morgan fingerprint density at radius 1 is 0.645 bits per heavy atom. The Morgan fingerprint density at radius 3 is 2.06 bits per heavy atom. The van der Waals surface area contributed by atoms with Crippen molar-refractivity contribution >= 4 is 61.6 Å². The van der Waals surface area contributed by atoms with Gasteiger partial charge in [-0.15, -0.1) is 0 Å². The summed E-state index contributed by atoms with van der Waals surface area (Å²) >= 11 is 0.258. The van der Waals surface area contributed by atoms with E-state index in [4.69, 9.17) is 0 Å². The average Bonchev–Trinajstić information content (AvgIpc) is 3.50. The van der Waals surface area contributed by atoms with E-state index >= 15 is 0 Å². The van der Waals surface area contributed by atoms with Gasteiger partial charge >= 0.3 is 188 Å². The standard InChI is InChI=1S/C25H18BN4Se/c1-3-9-19(10-4-1)28-21-13-7-14-22-25(21)26(27-17-8-15-23(27)28)30-24(16-18-31-30)29(22)20-11-5-2-6-12-20/h1-18H/q+1. The fourth-order valence-corrected chi connectivity index (χ4v) is 6.79. The second-order valence-corrected chi connectivity index (χ2v) is 9.63. The van der Waals surface area contributed by atoms with Gasteiger partial charge in [0, 0.05) is 0 Å². The maximum absolute atomic E-state index is 2.57. The Balaban J connectivity index is 1.56. The van der Waals surface area contributed by atoms with Gasteiger partial charge in [0.1, 0.15) is 0 Å². The number of aromatic nitrogens is 2. The molecule has 0 fully saturated rings. The molecule has 0 aliphatic carbocycles. The molecule has 0 unspecified atom stereocenters. The molecule has 2 aliphatic rings. The Morgan fingerprint density at radius 2 is 1.32 bits per heavy atom. The number of benzene rings is 3. The van der Waals surface area contributed by atoms with Crippen LogP contribution in [0.3, 0.4) is 0 Å². The van der Waals surface area contributed by atoms with E-state index in [1.807, 2.05) is 0 Å². The van der Waals surface area contributed by atoms with E-state index in [0.29, 0.717) is 0 Å². The molecule has 0 radical (unpaired) electrons. The minimum absolute atomic E-state index is 0.168. The van der Waals surface area contributed by atoms with E-state index in [2.05, 4.69) is 126 Å². The number of rotatable bonds is 2. The van der Waals surface area contributed by atoms with Gasteiger partial charge in [-0.2, -0.15) is 0 Å². The van der Waals surface area contributed by atoms with Gasteiger partial charge in [-0.3, -0.25) is 0 Å². The molecule has 2 aromatic heterocycles. The first-order chi connectivity index (χ1) is 15.4. The summed E-state index contributed by atoms with van der Waals surface area (Å²) in [5.74, 6) is 2.46. The average molecular weight is 464 g/mol. The van der Waals surface area contributed by atoms with Gasteiger partial charge in [0.2, 0.25) is 0 Å². The first-order valence-electron chi connectivity index (χ1n) is 10.4. The second kappa shape index (κ2) is 6.51. The van der Waals surface area contributed by atoms with Crippen molar-refractivity contribution in [1.82, 2.24) is 4.48 Å². The van der Waals surface area contributed by atoms with Crippen molar-refractivity contribution in [2.45, 2.75) is 0 Å². The van der Waals surface area contributed by atoms with Crippen LogP contribution in [0.5, 0.6) is 0 Å². The Kier molecular flexibility index (Phi) is 3.62. The molecule has 6 heteroatoms. The van der Waals surface area contributed by atoms with Crippen LogP contribution in [0.15, 0.2) is 108 Å². The molecule has 0 bridgehead atoms. The molecule has 4 heterocycles. The number of anilines is 6. The third-order valence-electron chi connectivity index (χ3n) is 6.15. The number of hydrogen-bond donors (Lipinski definition) is 0. The van der Waals surface area contributed by atoms with Crippen molar-refractivity contribution in [2.24, 2.45) is 0 Å². The van der Waals surface area contributed by atoms with Crippen LogP contribution < -0.4 is 18.7 Å². The molecular formula is C25H18BN4Se+. The topological polar surface area (TPSA) is 15.3 Å². The monoisotopic (exact) mass is 465 g/mol. The molecule has 5 aromatic rings. The fraction of sp³-hybridized carbons (Fsp3) is 0. The summed E-state index contributed by atoms with van der Waals surface area (Å²) in [7, 11) is 0. The summed E-state index contributed by atoms with van der Waals surface area (Å²) in [6, 6.07) is 34.8. The van der Waals surface area contributed by atoms with Crippen molar-refractivity contribution < 1.29 is 3.47 Å². The summed E-state index contributed by atoms with van der Waals surface area (Å²) < 4.78 is 4.99. The molecule has 0 atom stereocenters. The molecule has 0 amide bonds. The fourth-order valence-electron chi connectivity index (χ4n) is 4.93. The first-order valence-corrected chi connectivity index (χ1v) is 12.2. The summed E-state index contributed by atoms with van der Waals surface area (Å²) in [5.41, 5.74) is 6.24. The summed E-state index contributed by atoms with van der Waals surface area (Å²) in [6.07, 6.45) is 2.22. The van der Waals surface area contributed by atoms with Crippen LogP contribution in [0, 0.1) is 0 Å². The normalized spacial score (nSPS) is 13.6. The number of hydrogen-bond acceptors (Lipinski definition) is 2. The van der Waals surface area contributed by atoms with E-state index in [9.17, 15) is 0 Å². The predicted molar refractivity (Wildman–Crippen MR) is 127 cm³/mol. The van der Waals surface area contributed by atoms with Crippen LogP contribution in [-0.4, -0.2) is 26.2 Å². The number of nitrogens with zero attached hydrogens (tertiary/aromatic N) is 4. The molecule has 4 nitrogen and oxygen atoms in total. The summed E-state index contributed by atoms with van der Waals surface area (Å²) in [5, 5.41) is 0. The molecule has 0 saturated carbocycles. The Labute approximate surface area is 187 Å². The zero-order valence-corrected chi connectivity index (χ0v) is 18.4. The SMILES string of the molecule is c1ccc(N2c3cccc4c3B(n3cccc32)[n+]2[se]ccc2N4c2ccccc2)cc1. The van der Waals surface area contributed by atoms with Gasteiger partial charge in [0.05, 0.1) is 0 Å². The molecule has 0 saturated heterocycles. The summed E-state index contributed by atoms with van der Waals surface area (Å²) in [4.78, 5) is 7.13. The van der Waals surface area contributed by atoms with Crippen LogP contribution >= 0.6 is 0 Å². The van der Waals surface area contributed by atoms with Crippen molar-refractivity contribution in [3.8, 4) is 0 Å². The van der Waals surface area contributed by atoms with Gasteiger partial charge in [-0.25, -0.2) is 0 Å². The third-order valence-corrected chi connectivity index (χ3v) is 7.98. The van der Waals surface area contributed by atoms with Crippen LogP contribution in [0.1, 0.15) is 0 Å². The molecule has 2 aliphatic heterocycles. The molecule has 3 aromatic carbocycles. The molecule has 146 valence electrons. The van der Waals surface area contributed by atoms with Crippen LogP contribution in [0.2, 0.25) is 0 Å². The van der Waals surface area contributed by atoms with Crippen LogP contribution in [0.25, 0.3) is 0 Å². The van der Waals surface area contributed by atoms with Gasteiger partial charge < -0.3 is 0 Å². The van der Waals surface area contributed by atoms with E-state index in [1.165, 1.54) is 39.8 Å². The van der Waals surface area contributed by atoms with Crippen LogP contribution in [0.4, 0.5) is 34.4 Å². The second-order valence-electron chi connectivity index (χ2n) is 7.79. The molecule has 31 heavy (non-hydrogen) atoms. The number of fused-ring (bicyclic) bond motifs is 4. The first kappa shape index (κ1) is 17.2. The maximum atomic E-state index is 2.57. The Hall–Kier alpha value is -3.47. The Bertz CT molecular complexity index is 1310. The molecule has 0 spiro atoms. The van der Waals surface area contributed by atoms with E-state index in [-0.39, 0.29) is 21.7 Å². The van der Waals surface area contributed by atoms with Gasteiger partial charge in [0.25, 0.3) is 0 Å². The van der Waals surface area contributed by atoms with Crippen molar-refractivity contribution in [2.75, 3.05) is 9.80 Å².